The lowest BCUT2D eigenvalue weighted by atomic mass is 9.76. The average Bonchev–Trinajstić information content (AvgIpc) is 1.86. The standard InChI is InChI=1S/C71H81N9O8S2/c1-5-46(2)67(83)73-66(55-28-16-9-17-29-55)71(86)79-42-56(38-59(79)62(82)41-63-64(75-77-89-63)53-24-12-7-13-25-53)87-44-50-34-30-48(31-35-50)20-18-19-21-49-32-36-51(37-33-49)45-88-57-39-60(68(84)74-69-65(76-78-90-69)54-26-14-8-15-27-54)80(43-57)70(85)58(40-61(81)47(3)72-4)52-22-10-6-11-23-52/h7-8,12-15,24-27,30-37,46-47,52,55-60,66,72H,5-6,9-11,16-17,22-23,28-29,38-45H2,1-4H3,(H,73,83)(H,74,84)/t46-,47+,56?,57+,58+,59+,60+,66+/m1/s1. The van der Waals surface area contributed by atoms with E-state index in [1.165, 1.54) is 11.5 Å². The fraction of sp³-hybridized carbons (Fsp3) is 0.465. The molecule has 4 amide bonds. The molecular formula is C71H81N9O8S2. The first kappa shape index (κ1) is 65.2. The quantitative estimate of drug-likeness (QED) is 0.0482. The van der Waals surface area contributed by atoms with Gasteiger partial charge in [0.2, 0.25) is 23.6 Å². The molecule has 2 saturated carbocycles. The number of hydrogen-bond donors (Lipinski definition) is 3. The van der Waals surface area contributed by atoms with Crippen molar-refractivity contribution in [3.63, 3.8) is 0 Å². The summed E-state index contributed by atoms with van der Waals surface area (Å²) in [6.45, 7) is 6.60. The van der Waals surface area contributed by atoms with Crippen LogP contribution in [-0.4, -0.2) is 121 Å². The molecule has 4 heterocycles. The Morgan fingerprint density at radius 3 is 1.72 bits per heavy atom. The molecule has 0 spiro atoms. The van der Waals surface area contributed by atoms with Crippen molar-refractivity contribution in [1.82, 2.24) is 39.6 Å². The molecule has 2 aromatic heterocycles. The fourth-order valence-electron chi connectivity index (χ4n) is 12.8. The second-order valence-electron chi connectivity index (χ2n) is 24.5. The number of nitrogens with zero attached hydrogens (tertiary/aromatic N) is 6. The van der Waals surface area contributed by atoms with Gasteiger partial charge in [0, 0.05) is 84.4 Å². The minimum Gasteiger partial charge on any atom is -0.372 e. The summed E-state index contributed by atoms with van der Waals surface area (Å²) in [4.78, 5) is 89.5. The maximum absolute atomic E-state index is 14.9. The molecule has 0 radical (unpaired) electrons. The molecule has 6 aromatic rings. The number of aromatic nitrogens is 4. The molecule has 1 unspecified atom stereocenters. The first-order chi connectivity index (χ1) is 43.8. The van der Waals surface area contributed by atoms with Crippen molar-refractivity contribution in [2.24, 2.45) is 23.7 Å². The number of carbonyl (C=O) groups excluding carboxylic acids is 6. The third-order valence-corrected chi connectivity index (χ3v) is 19.8. The molecule has 0 bridgehead atoms. The van der Waals surface area contributed by atoms with E-state index < -0.39 is 42.3 Å². The van der Waals surface area contributed by atoms with Gasteiger partial charge in [-0.3, -0.25) is 28.8 Å². The summed E-state index contributed by atoms with van der Waals surface area (Å²) < 4.78 is 21.4. The van der Waals surface area contributed by atoms with Crippen LogP contribution in [0.1, 0.15) is 138 Å². The van der Waals surface area contributed by atoms with Gasteiger partial charge in [-0.1, -0.05) is 158 Å². The number of nitrogens with one attached hydrogen (secondary N) is 3. The average molecular weight is 1250 g/mol. The van der Waals surface area contributed by atoms with Crippen LogP contribution in [0.15, 0.2) is 109 Å². The zero-order valence-corrected chi connectivity index (χ0v) is 53.5. The molecule has 2 aliphatic carbocycles. The fourth-order valence-corrected chi connectivity index (χ4v) is 14.1. The van der Waals surface area contributed by atoms with Crippen LogP contribution in [0.2, 0.25) is 0 Å². The van der Waals surface area contributed by atoms with E-state index in [1.807, 2.05) is 130 Å². The molecule has 2 saturated heterocycles. The van der Waals surface area contributed by atoms with Gasteiger partial charge in [0.1, 0.15) is 34.3 Å². The van der Waals surface area contributed by atoms with Gasteiger partial charge in [-0.2, -0.15) is 0 Å². The van der Waals surface area contributed by atoms with Crippen molar-refractivity contribution in [2.45, 2.75) is 167 Å². The molecule has 4 aromatic carbocycles. The molecule has 4 fully saturated rings. The highest BCUT2D eigenvalue weighted by Gasteiger charge is 2.47. The summed E-state index contributed by atoms with van der Waals surface area (Å²) in [5, 5.41) is 18.4. The summed E-state index contributed by atoms with van der Waals surface area (Å²) in [7, 11) is 1.75. The number of rotatable bonds is 24. The van der Waals surface area contributed by atoms with Gasteiger partial charge in [0.05, 0.1) is 42.4 Å². The van der Waals surface area contributed by atoms with Gasteiger partial charge >= 0.3 is 0 Å². The van der Waals surface area contributed by atoms with Crippen LogP contribution in [0.4, 0.5) is 5.00 Å². The second-order valence-corrected chi connectivity index (χ2v) is 26.1. The number of ketones is 2. The van der Waals surface area contributed by atoms with Crippen LogP contribution < -0.4 is 16.0 Å². The molecule has 2 aliphatic heterocycles. The Morgan fingerprint density at radius 2 is 1.16 bits per heavy atom. The van der Waals surface area contributed by atoms with E-state index in [0.717, 1.165) is 114 Å². The third kappa shape index (κ3) is 16.8. The molecule has 3 N–H and O–H groups in total. The maximum Gasteiger partial charge on any atom is 0.247 e. The van der Waals surface area contributed by atoms with Crippen molar-refractivity contribution < 1.29 is 38.2 Å². The van der Waals surface area contributed by atoms with E-state index in [9.17, 15) is 28.8 Å². The second kappa shape index (κ2) is 31.8. The van der Waals surface area contributed by atoms with E-state index in [0.29, 0.717) is 29.2 Å². The van der Waals surface area contributed by atoms with Crippen molar-refractivity contribution in [2.75, 3.05) is 25.5 Å². The SMILES string of the molecule is CC[C@@H](C)C(=O)N[C@H](C(=O)N1CC(OCc2ccc(C#CC#Cc3ccc(CO[C@H]4C[C@@H](C(=O)Nc5snnc5-c5ccccc5)N(C(=O)[C@@H](CC(=O)[C@H](C)NC)C5CCCCC5)C4)cc3)cc2)C[C@H]1C(=O)Cc1snnc1-c1ccccc1)C1CCCCC1. The molecule has 470 valence electrons. The first-order valence-corrected chi connectivity index (χ1v) is 33.5. The highest BCUT2D eigenvalue weighted by molar-refractivity contribution is 7.10. The van der Waals surface area contributed by atoms with E-state index in [-0.39, 0.29) is 98.5 Å². The van der Waals surface area contributed by atoms with E-state index >= 15 is 0 Å². The largest absolute Gasteiger partial charge is 0.372 e. The molecule has 4 aliphatic rings. The number of benzene rings is 4. The molecule has 8 atom stereocenters. The number of amides is 4. The molecule has 90 heavy (non-hydrogen) atoms. The number of likely N-dealkylation sites (N-methyl/N-ethyl adjacent to an activating group) is 1. The van der Waals surface area contributed by atoms with Crippen LogP contribution in [0.5, 0.6) is 0 Å². The Labute approximate surface area is 536 Å². The smallest absolute Gasteiger partial charge is 0.247 e. The minimum absolute atomic E-state index is 0.0140. The van der Waals surface area contributed by atoms with Gasteiger partial charge in [0.15, 0.2) is 5.78 Å². The van der Waals surface area contributed by atoms with Gasteiger partial charge in [-0.15, -0.1) is 10.2 Å². The number of Topliss-reactive ketones (excluding diaryl/α,β-unsaturated/α-hetero) is 2. The number of carbonyl (C=O) groups is 6. The maximum atomic E-state index is 14.9. The molecule has 19 heteroatoms. The van der Waals surface area contributed by atoms with E-state index in [2.05, 4.69) is 58.8 Å². The lowest BCUT2D eigenvalue weighted by Crippen LogP contribution is -2.56. The van der Waals surface area contributed by atoms with Crippen molar-refractivity contribution in [3.8, 4) is 46.2 Å². The van der Waals surface area contributed by atoms with Crippen LogP contribution in [0.3, 0.4) is 0 Å². The number of hydrogen-bond acceptors (Lipinski definition) is 15. The Bertz CT molecular complexity index is 3310. The highest BCUT2D eigenvalue weighted by Crippen LogP contribution is 2.38. The van der Waals surface area contributed by atoms with Crippen LogP contribution in [-0.2, 0) is 57.9 Å². The zero-order chi connectivity index (χ0) is 62.9. The predicted octanol–water partition coefficient (Wildman–Crippen LogP) is 10.4. The first-order valence-electron chi connectivity index (χ1n) is 32.0. The van der Waals surface area contributed by atoms with Gasteiger partial charge in [0.25, 0.3) is 0 Å². The van der Waals surface area contributed by atoms with Crippen LogP contribution >= 0.6 is 23.1 Å². The van der Waals surface area contributed by atoms with E-state index in [1.54, 1.807) is 16.8 Å². The Morgan fingerprint density at radius 1 is 0.633 bits per heavy atom. The number of likely N-dealkylation sites (tertiary alicyclic amines) is 2. The monoisotopic (exact) mass is 1250 g/mol. The summed E-state index contributed by atoms with van der Waals surface area (Å²) >= 11 is 2.28. The number of ether oxygens (including phenoxy) is 2. The van der Waals surface area contributed by atoms with Crippen LogP contribution in [0.25, 0.3) is 22.5 Å². The minimum atomic E-state index is -0.834. The number of anilines is 1. The van der Waals surface area contributed by atoms with E-state index in [4.69, 9.17) is 9.47 Å². The normalized spacial score (nSPS) is 20.0. The Kier molecular flexibility index (Phi) is 23.0. The zero-order valence-electron chi connectivity index (χ0n) is 51.9. The summed E-state index contributed by atoms with van der Waals surface area (Å²) in [5.41, 5.74) is 6.25. The molecular weight excluding hydrogens is 1170 g/mol. The van der Waals surface area contributed by atoms with Crippen molar-refractivity contribution in [1.29, 1.82) is 0 Å². The van der Waals surface area contributed by atoms with Crippen molar-refractivity contribution in [3.05, 3.63) is 136 Å². The lowest BCUT2D eigenvalue weighted by Gasteiger charge is -2.35. The van der Waals surface area contributed by atoms with Gasteiger partial charge < -0.3 is 35.2 Å². The summed E-state index contributed by atoms with van der Waals surface area (Å²) in [5.74, 6) is 10.4. The van der Waals surface area contributed by atoms with Gasteiger partial charge in [-0.05, 0) is 117 Å². The Hall–Kier alpha value is -7.78. The predicted molar refractivity (Wildman–Crippen MR) is 348 cm³/mol. The third-order valence-electron chi connectivity index (χ3n) is 18.4. The lowest BCUT2D eigenvalue weighted by molar-refractivity contribution is -0.144. The Balaban J connectivity index is 0.757. The molecule has 17 nitrogen and oxygen atoms in total. The highest BCUT2D eigenvalue weighted by atomic mass is 32.1. The topological polar surface area (TPSA) is 215 Å². The summed E-state index contributed by atoms with van der Waals surface area (Å²) in [6.07, 6.45) is 10.2. The van der Waals surface area contributed by atoms with Gasteiger partial charge in [-0.25, -0.2) is 0 Å². The summed E-state index contributed by atoms with van der Waals surface area (Å²) in [6, 6.07) is 31.9. The molecule has 10 rings (SSSR count). The van der Waals surface area contributed by atoms with Crippen molar-refractivity contribution >= 4 is 63.3 Å². The van der Waals surface area contributed by atoms with Crippen LogP contribution in [0, 0.1) is 47.4 Å².